The third kappa shape index (κ3) is 8.69. The Morgan fingerprint density at radius 2 is 1.57 bits per heavy atom. The molecule has 0 radical (unpaired) electrons. The van der Waals surface area contributed by atoms with Crippen molar-refractivity contribution in [2.45, 2.75) is 72.0 Å². The van der Waals surface area contributed by atoms with Crippen LogP contribution in [0.15, 0.2) is 54.6 Å². The van der Waals surface area contributed by atoms with E-state index in [0.29, 0.717) is 18.7 Å². The highest BCUT2D eigenvalue weighted by Crippen LogP contribution is 2.20. The number of nitrogens with one attached hydrogen (secondary N) is 1. The summed E-state index contributed by atoms with van der Waals surface area (Å²) in [5.41, 5.74) is 2.64. The van der Waals surface area contributed by atoms with Crippen molar-refractivity contribution in [3.63, 3.8) is 0 Å². The van der Waals surface area contributed by atoms with Gasteiger partial charge in [-0.3, -0.25) is 13.9 Å². The first-order valence-electron chi connectivity index (χ1n) is 12.3. The molecule has 35 heavy (non-hydrogen) atoms. The van der Waals surface area contributed by atoms with Gasteiger partial charge in [0.25, 0.3) is 0 Å². The van der Waals surface area contributed by atoms with Gasteiger partial charge in [0, 0.05) is 25.6 Å². The highest BCUT2D eigenvalue weighted by Gasteiger charge is 2.27. The van der Waals surface area contributed by atoms with Crippen LogP contribution >= 0.6 is 0 Å². The molecule has 2 atom stereocenters. The third-order valence-corrected chi connectivity index (χ3v) is 7.34. The number of sulfonamides is 1. The zero-order valence-corrected chi connectivity index (χ0v) is 22.3. The van der Waals surface area contributed by atoms with E-state index in [2.05, 4.69) is 5.32 Å². The molecule has 0 fully saturated rings. The van der Waals surface area contributed by atoms with Gasteiger partial charge in [-0.2, -0.15) is 0 Å². The minimum Gasteiger partial charge on any atom is -0.352 e. The third-order valence-electron chi connectivity index (χ3n) is 6.15. The molecule has 7 nitrogen and oxygen atoms in total. The summed E-state index contributed by atoms with van der Waals surface area (Å²) in [4.78, 5) is 27.7. The topological polar surface area (TPSA) is 86.8 Å². The number of anilines is 1. The largest absolute Gasteiger partial charge is 0.352 e. The molecule has 0 spiro atoms. The van der Waals surface area contributed by atoms with Crippen LogP contribution in [0.1, 0.15) is 58.1 Å². The molecule has 1 N–H and O–H groups in total. The maximum Gasteiger partial charge on any atom is 0.242 e. The number of amides is 2. The molecule has 2 aromatic rings. The Morgan fingerprint density at radius 1 is 0.943 bits per heavy atom. The molecule has 8 heteroatoms. The van der Waals surface area contributed by atoms with Gasteiger partial charge in [0.1, 0.15) is 6.04 Å². The van der Waals surface area contributed by atoms with Gasteiger partial charge in [-0.1, -0.05) is 56.3 Å². The molecule has 0 aliphatic heterocycles. The fourth-order valence-corrected chi connectivity index (χ4v) is 4.70. The van der Waals surface area contributed by atoms with E-state index in [0.717, 1.165) is 24.0 Å². The van der Waals surface area contributed by atoms with E-state index in [1.54, 1.807) is 24.0 Å². The lowest BCUT2D eigenvalue weighted by Crippen LogP contribution is -2.49. The Kier molecular flexibility index (Phi) is 10.8. The maximum atomic E-state index is 13.3. The van der Waals surface area contributed by atoms with Gasteiger partial charge in [-0.15, -0.1) is 0 Å². The Balaban J connectivity index is 2.13. The quantitative estimate of drug-likeness (QED) is 0.447. The normalized spacial score (nSPS) is 13.1. The first-order valence-corrected chi connectivity index (χ1v) is 14.1. The number of aryl methyl sites for hydroxylation is 1. The van der Waals surface area contributed by atoms with Gasteiger partial charge >= 0.3 is 0 Å². The fraction of sp³-hybridized carbons (Fsp3) is 0.481. The first-order chi connectivity index (χ1) is 16.6. The smallest absolute Gasteiger partial charge is 0.242 e. The summed E-state index contributed by atoms with van der Waals surface area (Å²) >= 11 is 0. The summed E-state index contributed by atoms with van der Waals surface area (Å²) in [6.07, 6.45) is 3.31. The van der Waals surface area contributed by atoms with E-state index in [9.17, 15) is 18.0 Å². The molecule has 2 amide bonds. The van der Waals surface area contributed by atoms with Crippen LogP contribution in [0.5, 0.6) is 0 Å². The predicted molar refractivity (Wildman–Crippen MR) is 142 cm³/mol. The molecule has 0 saturated heterocycles. The number of nitrogens with zero attached hydrogens (tertiary/aromatic N) is 2. The highest BCUT2D eigenvalue weighted by atomic mass is 32.2. The second-order valence-corrected chi connectivity index (χ2v) is 10.9. The van der Waals surface area contributed by atoms with Crippen molar-refractivity contribution in [1.29, 1.82) is 0 Å². The van der Waals surface area contributed by atoms with Gasteiger partial charge in [-0.05, 0) is 56.4 Å². The zero-order valence-electron chi connectivity index (χ0n) is 21.5. The van der Waals surface area contributed by atoms with Crippen molar-refractivity contribution in [2.24, 2.45) is 0 Å². The summed E-state index contributed by atoms with van der Waals surface area (Å²) < 4.78 is 26.2. The lowest BCUT2D eigenvalue weighted by molar-refractivity contribution is -0.140. The number of carbonyl (C=O) groups excluding carboxylic acids is 2. The van der Waals surface area contributed by atoms with E-state index >= 15 is 0 Å². The SMILES string of the molecule is CCc1ccc(N(CCCC(=O)N(Cc2ccccc2)[C@@H](C)C(=O)N[C@@H](C)CC)S(C)(=O)=O)cc1. The van der Waals surface area contributed by atoms with Crippen LogP contribution in [0.25, 0.3) is 0 Å². The molecule has 0 aromatic heterocycles. The van der Waals surface area contributed by atoms with E-state index in [-0.39, 0.29) is 30.8 Å². The number of benzene rings is 2. The maximum absolute atomic E-state index is 13.3. The van der Waals surface area contributed by atoms with E-state index in [1.165, 1.54) is 10.6 Å². The summed E-state index contributed by atoms with van der Waals surface area (Å²) in [5.74, 6) is -0.382. The van der Waals surface area contributed by atoms with Crippen molar-refractivity contribution < 1.29 is 18.0 Å². The van der Waals surface area contributed by atoms with E-state index in [1.807, 2.05) is 63.2 Å². The van der Waals surface area contributed by atoms with Gasteiger partial charge < -0.3 is 10.2 Å². The average Bonchev–Trinajstić information content (AvgIpc) is 2.84. The molecule has 0 unspecified atom stereocenters. The molecule has 0 aliphatic carbocycles. The number of hydrogen-bond donors (Lipinski definition) is 1. The van der Waals surface area contributed by atoms with Crippen molar-refractivity contribution in [3.05, 3.63) is 65.7 Å². The van der Waals surface area contributed by atoms with Crippen LogP contribution in [0.4, 0.5) is 5.69 Å². The minimum absolute atomic E-state index is 0.0149. The van der Waals surface area contributed by atoms with Gasteiger partial charge in [0.2, 0.25) is 21.8 Å². The molecule has 0 saturated carbocycles. The Morgan fingerprint density at radius 3 is 2.11 bits per heavy atom. The van der Waals surface area contributed by atoms with Crippen LogP contribution in [0, 0.1) is 0 Å². The van der Waals surface area contributed by atoms with Gasteiger partial charge in [0.15, 0.2) is 0 Å². The highest BCUT2D eigenvalue weighted by molar-refractivity contribution is 7.92. The second kappa shape index (κ2) is 13.3. The standard InChI is InChI=1S/C27H39N3O4S/c1-6-21(3)28-27(32)22(4)29(20-24-12-9-8-10-13-24)26(31)14-11-19-30(35(5,33)34)25-17-15-23(7-2)16-18-25/h8-10,12-13,15-18,21-22H,6-7,11,14,19-20H2,1-5H3,(H,28,32)/t21-,22-/m0/s1. The van der Waals surface area contributed by atoms with Crippen molar-refractivity contribution in [2.75, 3.05) is 17.1 Å². The van der Waals surface area contributed by atoms with Crippen LogP contribution in [-0.2, 0) is 32.6 Å². The molecular weight excluding hydrogens is 462 g/mol. The van der Waals surface area contributed by atoms with E-state index in [4.69, 9.17) is 0 Å². The molecule has 0 aliphatic rings. The summed E-state index contributed by atoms with van der Waals surface area (Å²) in [5, 5.41) is 2.96. The van der Waals surface area contributed by atoms with Gasteiger partial charge in [-0.25, -0.2) is 8.42 Å². The zero-order chi connectivity index (χ0) is 26.0. The lowest BCUT2D eigenvalue weighted by atomic mass is 10.1. The number of hydrogen-bond acceptors (Lipinski definition) is 4. The Labute approximate surface area is 210 Å². The molecule has 2 aromatic carbocycles. The van der Waals surface area contributed by atoms with Crippen LogP contribution in [0.3, 0.4) is 0 Å². The molecule has 0 heterocycles. The summed E-state index contributed by atoms with van der Waals surface area (Å²) in [7, 11) is -3.51. The number of rotatable bonds is 13. The van der Waals surface area contributed by atoms with Crippen molar-refractivity contribution in [3.8, 4) is 0 Å². The number of carbonyl (C=O) groups is 2. The van der Waals surface area contributed by atoms with E-state index < -0.39 is 16.1 Å². The summed E-state index contributed by atoms with van der Waals surface area (Å²) in [6.45, 7) is 8.19. The van der Waals surface area contributed by atoms with Crippen LogP contribution < -0.4 is 9.62 Å². The Bertz CT molecular complexity index is 1060. The van der Waals surface area contributed by atoms with Crippen molar-refractivity contribution >= 4 is 27.5 Å². The molecule has 0 bridgehead atoms. The minimum atomic E-state index is -3.51. The first kappa shape index (κ1) is 28.4. The Hall–Kier alpha value is -2.87. The molecule has 192 valence electrons. The molecular formula is C27H39N3O4S. The predicted octanol–water partition coefficient (Wildman–Crippen LogP) is 4.13. The van der Waals surface area contributed by atoms with Gasteiger partial charge in [0.05, 0.1) is 11.9 Å². The lowest BCUT2D eigenvalue weighted by Gasteiger charge is -2.30. The van der Waals surface area contributed by atoms with Crippen molar-refractivity contribution in [1.82, 2.24) is 10.2 Å². The monoisotopic (exact) mass is 501 g/mol. The molecule has 2 rings (SSSR count). The second-order valence-electron chi connectivity index (χ2n) is 8.96. The fourth-order valence-electron chi connectivity index (χ4n) is 3.73. The van der Waals surface area contributed by atoms with Crippen LogP contribution in [-0.4, -0.2) is 50.0 Å². The average molecular weight is 502 g/mol. The summed E-state index contributed by atoms with van der Waals surface area (Å²) in [6, 6.07) is 16.3. The van der Waals surface area contributed by atoms with Crippen LogP contribution in [0.2, 0.25) is 0 Å².